The average molecular weight is 272 g/mol. The number of hydrogen-bond donors (Lipinski definition) is 1. The van der Waals surface area contributed by atoms with Gasteiger partial charge < -0.3 is 10.5 Å². The molecule has 7 heteroatoms. The third-order valence-corrected chi connectivity index (χ3v) is 4.24. The fourth-order valence-corrected chi connectivity index (χ4v) is 2.39. The first kappa shape index (κ1) is 14.6. The molecule has 0 aliphatic rings. The van der Waals surface area contributed by atoms with E-state index in [1.165, 1.54) is 19.2 Å². The van der Waals surface area contributed by atoms with Crippen LogP contribution in [0.25, 0.3) is 0 Å². The van der Waals surface area contributed by atoms with Crippen LogP contribution < -0.4 is 10.5 Å². The highest BCUT2D eigenvalue weighted by Gasteiger charge is 2.17. The molecule has 0 heterocycles. The van der Waals surface area contributed by atoms with Crippen LogP contribution in [0.4, 0.5) is 5.69 Å². The van der Waals surface area contributed by atoms with Gasteiger partial charge in [-0.1, -0.05) is 6.07 Å². The summed E-state index contributed by atoms with van der Waals surface area (Å²) in [6.45, 7) is 2.11. The Morgan fingerprint density at radius 2 is 2.22 bits per heavy atom. The van der Waals surface area contributed by atoms with Gasteiger partial charge in [0.05, 0.1) is 12.0 Å². The fraction of sp³-hybridized carbons (Fsp3) is 0.455. The molecule has 0 bridgehead atoms. The van der Waals surface area contributed by atoms with Crippen molar-refractivity contribution >= 4 is 16.5 Å². The second-order valence-electron chi connectivity index (χ2n) is 3.83. The van der Waals surface area contributed by atoms with Gasteiger partial charge in [0.25, 0.3) is 0 Å². The molecule has 1 aromatic rings. The van der Waals surface area contributed by atoms with Crippen molar-refractivity contribution in [2.24, 2.45) is 5.73 Å². The molecular formula is C11H16N2O4S. The first-order valence-electron chi connectivity index (χ1n) is 5.38. The van der Waals surface area contributed by atoms with E-state index in [9.17, 15) is 14.3 Å². The zero-order valence-corrected chi connectivity index (χ0v) is 11.1. The molecule has 18 heavy (non-hydrogen) atoms. The minimum atomic E-state index is -1.13. The van der Waals surface area contributed by atoms with E-state index in [0.29, 0.717) is 12.1 Å². The Hall–Kier alpha value is -1.47. The van der Waals surface area contributed by atoms with Gasteiger partial charge >= 0.3 is 5.69 Å². The number of nitro groups is 1. The highest BCUT2D eigenvalue weighted by molar-refractivity contribution is 7.84. The predicted molar refractivity (Wildman–Crippen MR) is 70.0 cm³/mol. The summed E-state index contributed by atoms with van der Waals surface area (Å²) in [6, 6.07) is 4.57. The van der Waals surface area contributed by atoms with Crippen molar-refractivity contribution < 1.29 is 13.9 Å². The van der Waals surface area contributed by atoms with Crippen molar-refractivity contribution in [1.82, 2.24) is 0 Å². The predicted octanol–water partition coefficient (Wildman–Crippen LogP) is 1.20. The second kappa shape index (κ2) is 6.46. The molecule has 0 aliphatic heterocycles. The summed E-state index contributed by atoms with van der Waals surface area (Å²) in [5, 5.41) is 10.7. The number of nitrogens with two attached hydrogens (primary N) is 1. The van der Waals surface area contributed by atoms with E-state index >= 15 is 0 Å². The molecule has 0 radical (unpaired) electrons. The van der Waals surface area contributed by atoms with Crippen LogP contribution in [0.5, 0.6) is 5.75 Å². The minimum absolute atomic E-state index is 0.118. The quantitative estimate of drug-likeness (QED) is 0.620. The van der Waals surface area contributed by atoms with Crippen LogP contribution in [-0.2, 0) is 16.6 Å². The molecule has 0 spiro atoms. The lowest BCUT2D eigenvalue weighted by Crippen LogP contribution is -2.22. The number of hydrogen-bond acceptors (Lipinski definition) is 5. The summed E-state index contributed by atoms with van der Waals surface area (Å²) in [5.74, 6) is 0.449. The molecule has 1 rings (SSSR count). The maximum atomic E-state index is 11.8. The molecule has 0 aliphatic carbocycles. The van der Waals surface area contributed by atoms with Crippen LogP contribution in [0.15, 0.2) is 18.2 Å². The largest absolute Gasteiger partial charge is 0.490 e. The van der Waals surface area contributed by atoms with Crippen LogP contribution >= 0.6 is 0 Å². The molecule has 6 nitrogen and oxygen atoms in total. The SMILES string of the molecule is COc1ccc(CS(=O)C(C)CN)cc1[N+](=O)[O-]. The zero-order valence-electron chi connectivity index (χ0n) is 10.3. The standard InChI is InChI=1S/C11H16N2O4S/c1-8(6-12)18(16)7-9-3-4-11(17-2)10(5-9)13(14)15/h3-5,8H,6-7,12H2,1-2H3. The Morgan fingerprint density at radius 1 is 1.56 bits per heavy atom. The Bertz CT molecular complexity index is 464. The highest BCUT2D eigenvalue weighted by Crippen LogP contribution is 2.28. The van der Waals surface area contributed by atoms with Crippen molar-refractivity contribution in [1.29, 1.82) is 0 Å². The normalized spacial score (nSPS) is 13.9. The molecule has 1 aromatic carbocycles. The first-order chi connectivity index (χ1) is 8.49. The van der Waals surface area contributed by atoms with Gasteiger partial charge in [-0.25, -0.2) is 0 Å². The van der Waals surface area contributed by atoms with E-state index in [-0.39, 0.29) is 22.4 Å². The Balaban J connectivity index is 2.95. The molecule has 2 atom stereocenters. The van der Waals surface area contributed by atoms with Gasteiger partial charge in [-0.3, -0.25) is 14.3 Å². The van der Waals surface area contributed by atoms with Crippen molar-refractivity contribution in [2.45, 2.75) is 17.9 Å². The summed E-state index contributed by atoms with van der Waals surface area (Å²) in [4.78, 5) is 10.3. The topological polar surface area (TPSA) is 95.5 Å². The third kappa shape index (κ3) is 3.51. The molecule has 100 valence electrons. The number of nitro benzene ring substituents is 1. The van der Waals surface area contributed by atoms with Crippen molar-refractivity contribution in [3.05, 3.63) is 33.9 Å². The Morgan fingerprint density at radius 3 is 2.72 bits per heavy atom. The number of ether oxygens (including phenoxy) is 1. The lowest BCUT2D eigenvalue weighted by molar-refractivity contribution is -0.385. The van der Waals surface area contributed by atoms with Crippen LogP contribution in [0, 0.1) is 10.1 Å². The van der Waals surface area contributed by atoms with Gasteiger partial charge in [0.15, 0.2) is 5.75 Å². The summed E-state index contributed by atoms with van der Waals surface area (Å²) < 4.78 is 16.7. The van der Waals surface area contributed by atoms with E-state index in [0.717, 1.165) is 0 Å². The van der Waals surface area contributed by atoms with Gasteiger partial charge in [0.1, 0.15) is 0 Å². The maximum Gasteiger partial charge on any atom is 0.311 e. The van der Waals surface area contributed by atoms with E-state index < -0.39 is 15.7 Å². The van der Waals surface area contributed by atoms with Crippen LogP contribution in [-0.4, -0.2) is 28.0 Å². The van der Waals surface area contributed by atoms with Crippen molar-refractivity contribution in [3.63, 3.8) is 0 Å². The van der Waals surface area contributed by atoms with Crippen LogP contribution in [0.1, 0.15) is 12.5 Å². The van der Waals surface area contributed by atoms with Crippen molar-refractivity contribution in [2.75, 3.05) is 13.7 Å². The van der Waals surface area contributed by atoms with Gasteiger partial charge in [0.2, 0.25) is 0 Å². The lowest BCUT2D eigenvalue weighted by Gasteiger charge is -2.09. The van der Waals surface area contributed by atoms with Gasteiger partial charge in [-0.15, -0.1) is 0 Å². The van der Waals surface area contributed by atoms with Crippen LogP contribution in [0.2, 0.25) is 0 Å². The highest BCUT2D eigenvalue weighted by atomic mass is 32.2. The number of nitrogens with zero attached hydrogens (tertiary/aromatic N) is 1. The summed E-state index contributed by atoms with van der Waals surface area (Å²) in [6.07, 6.45) is 0. The average Bonchev–Trinajstić information content (AvgIpc) is 2.37. The third-order valence-electron chi connectivity index (χ3n) is 2.53. The first-order valence-corrected chi connectivity index (χ1v) is 6.76. The molecule has 0 amide bonds. The summed E-state index contributed by atoms with van der Waals surface area (Å²) in [7, 11) is 0.237. The molecule has 2 unspecified atom stereocenters. The van der Waals surface area contributed by atoms with Crippen molar-refractivity contribution in [3.8, 4) is 5.75 Å². The van der Waals surface area contributed by atoms with E-state index in [1.54, 1.807) is 13.0 Å². The smallest absolute Gasteiger partial charge is 0.311 e. The van der Waals surface area contributed by atoms with Gasteiger partial charge in [-0.05, 0) is 18.6 Å². The molecule has 0 saturated carbocycles. The molecule has 0 aromatic heterocycles. The molecule has 2 N–H and O–H groups in total. The Labute approximate surface area is 108 Å². The number of rotatable bonds is 6. The lowest BCUT2D eigenvalue weighted by atomic mass is 10.2. The number of benzene rings is 1. The van der Waals surface area contributed by atoms with E-state index in [2.05, 4.69) is 0 Å². The Kier molecular flexibility index (Phi) is 5.24. The maximum absolute atomic E-state index is 11.8. The van der Waals surface area contributed by atoms with Gasteiger partial charge in [-0.2, -0.15) is 0 Å². The van der Waals surface area contributed by atoms with E-state index in [4.69, 9.17) is 10.5 Å². The zero-order chi connectivity index (χ0) is 13.7. The summed E-state index contributed by atoms with van der Waals surface area (Å²) in [5.41, 5.74) is 5.95. The van der Waals surface area contributed by atoms with E-state index in [1.807, 2.05) is 0 Å². The second-order valence-corrected chi connectivity index (χ2v) is 5.69. The number of methoxy groups -OCH3 is 1. The van der Waals surface area contributed by atoms with Gasteiger partial charge in [0, 0.05) is 34.4 Å². The minimum Gasteiger partial charge on any atom is -0.490 e. The summed E-state index contributed by atoms with van der Waals surface area (Å²) >= 11 is 0. The molecule has 0 saturated heterocycles. The molecular weight excluding hydrogens is 256 g/mol. The van der Waals surface area contributed by atoms with Crippen LogP contribution in [0.3, 0.4) is 0 Å². The monoisotopic (exact) mass is 272 g/mol. The molecule has 0 fully saturated rings. The fourth-order valence-electron chi connectivity index (χ4n) is 1.38.